The van der Waals surface area contributed by atoms with Crippen LogP contribution in [0.4, 0.5) is 5.82 Å². The number of aromatic nitrogens is 1. The maximum atomic E-state index is 5.80. The van der Waals surface area contributed by atoms with E-state index in [-0.39, 0.29) is 18.4 Å². The van der Waals surface area contributed by atoms with E-state index in [9.17, 15) is 0 Å². The van der Waals surface area contributed by atoms with Crippen molar-refractivity contribution in [1.29, 1.82) is 0 Å². The summed E-state index contributed by atoms with van der Waals surface area (Å²) in [6.45, 7) is 7.38. The topological polar surface area (TPSA) is 50.9 Å². The highest BCUT2D eigenvalue weighted by Crippen LogP contribution is 2.13. The van der Waals surface area contributed by atoms with E-state index >= 15 is 0 Å². The Hall–Kier alpha value is -0.800. The molecule has 1 heterocycles. The Bertz CT molecular complexity index is 300. The van der Waals surface area contributed by atoms with E-state index < -0.39 is 0 Å². The van der Waals surface area contributed by atoms with Gasteiger partial charge in [-0.1, -0.05) is 13.8 Å². The number of anilines is 1. The minimum Gasteiger partial charge on any atom is -0.370 e. The van der Waals surface area contributed by atoms with E-state index in [2.05, 4.69) is 24.1 Å². The van der Waals surface area contributed by atoms with Gasteiger partial charge in [-0.2, -0.15) is 0 Å². The Labute approximate surface area is 104 Å². The molecule has 1 rings (SSSR count). The van der Waals surface area contributed by atoms with Crippen molar-refractivity contribution in [3.8, 4) is 0 Å². The standard InChI is InChI=1S/C12H21N3.ClH/c1-9(2)4-6-14-12-8-11(10(3)13)5-7-15-12;/h5,7-10H,4,6,13H2,1-3H3,(H,14,15);1H. The maximum absolute atomic E-state index is 5.80. The summed E-state index contributed by atoms with van der Waals surface area (Å²) in [7, 11) is 0. The molecule has 3 N–H and O–H groups in total. The zero-order valence-corrected chi connectivity index (χ0v) is 11.1. The van der Waals surface area contributed by atoms with Gasteiger partial charge in [0.05, 0.1) is 0 Å². The molecule has 0 fully saturated rings. The van der Waals surface area contributed by atoms with Crippen molar-refractivity contribution in [3.63, 3.8) is 0 Å². The molecule has 1 aromatic rings. The molecule has 0 aliphatic heterocycles. The zero-order valence-electron chi connectivity index (χ0n) is 10.2. The number of nitrogens with one attached hydrogen (secondary N) is 1. The van der Waals surface area contributed by atoms with Crippen LogP contribution < -0.4 is 11.1 Å². The van der Waals surface area contributed by atoms with Crippen molar-refractivity contribution in [2.24, 2.45) is 11.7 Å². The van der Waals surface area contributed by atoms with Crippen LogP contribution in [0, 0.1) is 5.92 Å². The summed E-state index contributed by atoms with van der Waals surface area (Å²) in [5.41, 5.74) is 6.93. The number of nitrogens with two attached hydrogens (primary N) is 1. The molecule has 0 saturated heterocycles. The molecule has 0 aliphatic carbocycles. The van der Waals surface area contributed by atoms with Crippen molar-refractivity contribution < 1.29 is 0 Å². The zero-order chi connectivity index (χ0) is 11.3. The Morgan fingerprint density at radius 3 is 2.62 bits per heavy atom. The summed E-state index contributed by atoms with van der Waals surface area (Å²) in [6.07, 6.45) is 2.96. The van der Waals surface area contributed by atoms with Gasteiger partial charge in [0.1, 0.15) is 5.82 Å². The Balaban J connectivity index is 0.00000225. The van der Waals surface area contributed by atoms with Gasteiger partial charge >= 0.3 is 0 Å². The highest BCUT2D eigenvalue weighted by molar-refractivity contribution is 5.85. The number of hydrogen-bond donors (Lipinski definition) is 2. The summed E-state index contributed by atoms with van der Waals surface area (Å²) >= 11 is 0. The van der Waals surface area contributed by atoms with Crippen LogP contribution in [0.15, 0.2) is 18.3 Å². The Morgan fingerprint density at radius 1 is 1.38 bits per heavy atom. The van der Waals surface area contributed by atoms with Gasteiger partial charge in [0.25, 0.3) is 0 Å². The average molecular weight is 244 g/mol. The lowest BCUT2D eigenvalue weighted by Crippen LogP contribution is -2.09. The SMILES string of the molecule is CC(C)CCNc1cc(C(C)N)ccn1.Cl. The molecular weight excluding hydrogens is 222 g/mol. The summed E-state index contributed by atoms with van der Waals surface area (Å²) in [5.74, 6) is 1.64. The quantitative estimate of drug-likeness (QED) is 0.836. The molecule has 92 valence electrons. The van der Waals surface area contributed by atoms with Gasteiger partial charge < -0.3 is 11.1 Å². The normalized spacial score (nSPS) is 12.1. The van der Waals surface area contributed by atoms with E-state index in [1.807, 2.05) is 19.1 Å². The fourth-order valence-corrected chi connectivity index (χ4v) is 1.32. The number of nitrogens with zero attached hydrogens (tertiary/aromatic N) is 1. The smallest absolute Gasteiger partial charge is 0.126 e. The van der Waals surface area contributed by atoms with Gasteiger partial charge in [-0.15, -0.1) is 12.4 Å². The van der Waals surface area contributed by atoms with Gasteiger partial charge in [-0.25, -0.2) is 4.98 Å². The summed E-state index contributed by atoms with van der Waals surface area (Å²) in [5, 5.41) is 3.30. The third-order valence-electron chi connectivity index (χ3n) is 2.34. The molecule has 0 aliphatic rings. The Morgan fingerprint density at radius 2 is 2.06 bits per heavy atom. The number of halogens is 1. The van der Waals surface area contributed by atoms with Gasteiger partial charge in [0, 0.05) is 18.8 Å². The molecule has 3 nitrogen and oxygen atoms in total. The largest absolute Gasteiger partial charge is 0.370 e. The second kappa shape index (κ2) is 7.47. The van der Waals surface area contributed by atoms with E-state index in [0.717, 1.165) is 24.3 Å². The summed E-state index contributed by atoms with van der Waals surface area (Å²) in [4.78, 5) is 4.25. The summed E-state index contributed by atoms with van der Waals surface area (Å²) in [6, 6.07) is 4.04. The third-order valence-corrected chi connectivity index (χ3v) is 2.34. The molecule has 0 amide bonds. The molecule has 0 radical (unpaired) electrons. The molecular formula is C12H22ClN3. The van der Waals surface area contributed by atoms with Crippen LogP contribution in [0.1, 0.15) is 38.8 Å². The van der Waals surface area contributed by atoms with E-state index in [1.54, 1.807) is 6.20 Å². The minimum atomic E-state index is 0. The predicted molar refractivity (Wildman–Crippen MR) is 72.0 cm³/mol. The summed E-state index contributed by atoms with van der Waals surface area (Å²) < 4.78 is 0. The van der Waals surface area contributed by atoms with Crippen LogP contribution in [0.25, 0.3) is 0 Å². The molecule has 1 aromatic heterocycles. The lowest BCUT2D eigenvalue weighted by Gasteiger charge is -2.10. The lowest BCUT2D eigenvalue weighted by atomic mass is 10.1. The number of hydrogen-bond acceptors (Lipinski definition) is 3. The van der Waals surface area contributed by atoms with Crippen LogP contribution >= 0.6 is 12.4 Å². The first-order valence-electron chi connectivity index (χ1n) is 5.55. The van der Waals surface area contributed by atoms with Crippen molar-refractivity contribution in [3.05, 3.63) is 23.9 Å². The van der Waals surface area contributed by atoms with Crippen LogP contribution in [-0.4, -0.2) is 11.5 Å². The van der Waals surface area contributed by atoms with Crippen molar-refractivity contribution in [1.82, 2.24) is 4.98 Å². The number of rotatable bonds is 5. The van der Waals surface area contributed by atoms with Gasteiger partial charge in [-0.3, -0.25) is 0 Å². The van der Waals surface area contributed by atoms with Crippen LogP contribution in [0.2, 0.25) is 0 Å². The van der Waals surface area contributed by atoms with Gasteiger partial charge in [0.2, 0.25) is 0 Å². The molecule has 0 spiro atoms. The first-order valence-corrected chi connectivity index (χ1v) is 5.55. The molecule has 16 heavy (non-hydrogen) atoms. The lowest BCUT2D eigenvalue weighted by molar-refractivity contribution is 0.606. The van der Waals surface area contributed by atoms with Crippen LogP contribution in [-0.2, 0) is 0 Å². The van der Waals surface area contributed by atoms with Gasteiger partial charge in [0.15, 0.2) is 0 Å². The third kappa shape index (κ3) is 5.33. The van der Waals surface area contributed by atoms with E-state index in [0.29, 0.717) is 5.92 Å². The molecule has 4 heteroatoms. The molecule has 1 unspecified atom stereocenters. The first-order chi connectivity index (χ1) is 7.09. The van der Waals surface area contributed by atoms with Crippen LogP contribution in [0.3, 0.4) is 0 Å². The van der Waals surface area contributed by atoms with Crippen molar-refractivity contribution in [2.45, 2.75) is 33.2 Å². The predicted octanol–water partition coefficient (Wildman–Crippen LogP) is 2.98. The minimum absolute atomic E-state index is 0. The highest BCUT2D eigenvalue weighted by atomic mass is 35.5. The maximum Gasteiger partial charge on any atom is 0.126 e. The van der Waals surface area contributed by atoms with Crippen molar-refractivity contribution in [2.75, 3.05) is 11.9 Å². The fourth-order valence-electron chi connectivity index (χ4n) is 1.32. The molecule has 0 bridgehead atoms. The highest BCUT2D eigenvalue weighted by Gasteiger charge is 2.01. The fraction of sp³-hybridized carbons (Fsp3) is 0.583. The van der Waals surface area contributed by atoms with E-state index in [1.165, 1.54) is 0 Å². The Kier molecular flexibility index (Phi) is 7.10. The second-order valence-corrected chi connectivity index (χ2v) is 4.37. The monoisotopic (exact) mass is 243 g/mol. The van der Waals surface area contributed by atoms with Gasteiger partial charge in [-0.05, 0) is 37.0 Å². The second-order valence-electron chi connectivity index (χ2n) is 4.37. The van der Waals surface area contributed by atoms with E-state index in [4.69, 9.17) is 5.73 Å². The van der Waals surface area contributed by atoms with Crippen LogP contribution in [0.5, 0.6) is 0 Å². The average Bonchev–Trinajstić information content (AvgIpc) is 2.17. The molecule has 0 saturated carbocycles. The van der Waals surface area contributed by atoms with Crippen molar-refractivity contribution >= 4 is 18.2 Å². The molecule has 1 atom stereocenters. The molecule has 0 aromatic carbocycles. The first kappa shape index (κ1) is 15.2. The number of pyridine rings is 1.